The van der Waals surface area contributed by atoms with Gasteiger partial charge in [-0.2, -0.15) is 11.8 Å². The van der Waals surface area contributed by atoms with E-state index in [1.165, 1.54) is 18.7 Å². The van der Waals surface area contributed by atoms with Crippen LogP contribution in [0.3, 0.4) is 0 Å². The van der Waals surface area contributed by atoms with E-state index in [0.29, 0.717) is 0 Å². The Balaban J connectivity index is 1.80. The van der Waals surface area contributed by atoms with E-state index in [4.69, 9.17) is 0 Å². The van der Waals surface area contributed by atoms with Crippen molar-refractivity contribution >= 4 is 11.8 Å². The van der Waals surface area contributed by atoms with Gasteiger partial charge in [-0.3, -0.25) is 0 Å². The zero-order chi connectivity index (χ0) is 5.11. The molecule has 1 nitrogen and oxygen atoms in total. The summed E-state index contributed by atoms with van der Waals surface area (Å²) in [4.78, 5) is 0. The van der Waals surface area contributed by atoms with Gasteiger partial charge in [0.1, 0.15) is 0 Å². The van der Waals surface area contributed by atoms with Crippen LogP contribution in [0.4, 0.5) is 0 Å². The van der Waals surface area contributed by atoms with Gasteiger partial charge in [-0.25, -0.2) is 0 Å². The quantitative estimate of drug-likeness (QED) is 0.546. The van der Waals surface area contributed by atoms with Gasteiger partial charge in [-0.15, -0.1) is 0 Å². The minimum Gasteiger partial charge on any atom is -0.320 e. The standard InChI is InChI=1S/C5H11NS/c1-6-3-2-5-4-7-5/h5-6H,2-4H2,1H3. The van der Waals surface area contributed by atoms with Gasteiger partial charge in [0.25, 0.3) is 0 Å². The highest BCUT2D eigenvalue weighted by atomic mass is 32.2. The lowest BCUT2D eigenvalue weighted by Crippen LogP contribution is -2.09. The van der Waals surface area contributed by atoms with Crippen molar-refractivity contribution < 1.29 is 0 Å². The van der Waals surface area contributed by atoms with E-state index in [-0.39, 0.29) is 0 Å². The summed E-state index contributed by atoms with van der Waals surface area (Å²) in [5.74, 6) is 1.40. The zero-order valence-electron chi connectivity index (χ0n) is 4.61. The second-order valence-electron chi connectivity index (χ2n) is 1.85. The topological polar surface area (TPSA) is 12.0 Å². The van der Waals surface area contributed by atoms with Crippen LogP contribution in [0.2, 0.25) is 0 Å². The molecule has 1 heterocycles. The summed E-state index contributed by atoms with van der Waals surface area (Å²) >= 11 is 2.07. The Labute approximate surface area is 48.9 Å². The van der Waals surface area contributed by atoms with Crippen molar-refractivity contribution in [3.63, 3.8) is 0 Å². The van der Waals surface area contributed by atoms with Crippen LogP contribution in [-0.2, 0) is 0 Å². The summed E-state index contributed by atoms with van der Waals surface area (Å²) in [5, 5.41) is 4.13. The lowest BCUT2D eigenvalue weighted by molar-refractivity contribution is 0.745. The summed E-state index contributed by atoms with van der Waals surface area (Å²) in [6.45, 7) is 1.19. The molecule has 0 amide bonds. The van der Waals surface area contributed by atoms with Crippen LogP contribution in [0.1, 0.15) is 6.42 Å². The third-order valence-corrected chi connectivity index (χ3v) is 2.16. The molecule has 0 spiro atoms. The number of hydrogen-bond acceptors (Lipinski definition) is 2. The Morgan fingerprint density at radius 3 is 3.00 bits per heavy atom. The third-order valence-electron chi connectivity index (χ3n) is 1.12. The molecule has 1 saturated heterocycles. The minimum atomic E-state index is 1.01. The van der Waals surface area contributed by atoms with E-state index >= 15 is 0 Å². The average Bonchev–Trinajstić information content (AvgIpc) is 2.42. The Morgan fingerprint density at radius 2 is 2.57 bits per heavy atom. The monoisotopic (exact) mass is 117 g/mol. The highest BCUT2D eigenvalue weighted by Crippen LogP contribution is 2.32. The van der Waals surface area contributed by atoms with Crippen molar-refractivity contribution in [2.24, 2.45) is 0 Å². The predicted octanol–water partition coefficient (Wildman–Crippen LogP) is 0.711. The second-order valence-corrected chi connectivity index (χ2v) is 3.18. The first-order chi connectivity index (χ1) is 3.43. The van der Waals surface area contributed by atoms with Gasteiger partial charge < -0.3 is 5.32 Å². The zero-order valence-corrected chi connectivity index (χ0v) is 5.42. The summed E-state index contributed by atoms with van der Waals surface area (Å²) in [5.41, 5.74) is 0. The van der Waals surface area contributed by atoms with Gasteiger partial charge in [0.2, 0.25) is 0 Å². The van der Waals surface area contributed by atoms with Crippen LogP contribution in [0.15, 0.2) is 0 Å². The molecule has 0 radical (unpaired) electrons. The average molecular weight is 117 g/mol. The molecule has 0 aromatic heterocycles. The van der Waals surface area contributed by atoms with E-state index in [1.54, 1.807) is 0 Å². The summed E-state index contributed by atoms with van der Waals surface area (Å²) < 4.78 is 0. The van der Waals surface area contributed by atoms with Crippen molar-refractivity contribution in [3.8, 4) is 0 Å². The highest BCUT2D eigenvalue weighted by molar-refractivity contribution is 8.06. The van der Waals surface area contributed by atoms with E-state index < -0.39 is 0 Å². The fourth-order valence-electron chi connectivity index (χ4n) is 0.540. The van der Waals surface area contributed by atoms with Crippen LogP contribution in [0.25, 0.3) is 0 Å². The van der Waals surface area contributed by atoms with Crippen molar-refractivity contribution in [2.75, 3.05) is 19.3 Å². The second kappa shape index (κ2) is 2.58. The molecule has 0 saturated carbocycles. The molecule has 1 unspecified atom stereocenters. The van der Waals surface area contributed by atoms with Gasteiger partial charge in [-0.1, -0.05) is 0 Å². The van der Waals surface area contributed by atoms with Crippen LogP contribution >= 0.6 is 11.8 Å². The first kappa shape index (κ1) is 5.45. The van der Waals surface area contributed by atoms with Gasteiger partial charge in [0.05, 0.1) is 0 Å². The molecule has 7 heavy (non-hydrogen) atoms. The molecule has 0 aromatic carbocycles. The van der Waals surface area contributed by atoms with Crippen LogP contribution < -0.4 is 5.32 Å². The summed E-state index contributed by atoms with van der Waals surface area (Å²) in [6, 6.07) is 0. The highest BCUT2D eigenvalue weighted by Gasteiger charge is 2.20. The van der Waals surface area contributed by atoms with Crippen molar-refractivity contribution in [1.82, 2.24) is 5.32 Å². The van der Waals surface area contributed by atoms with E-state index in [2.05, 4.69) is 17.1 Å². The Kier molecular flexibility index (Phi) is 2.00. The molecule has 1 N–H and O–H groups in total. The molecule has 2 heteroatoms. The molecular weight excluding hydrogens is 106 g/mol. The van der Waals surface area contributed by atoms with E-state index in [1.807, 2.05) is 7.05 Å². The van der Waals surface area contributed by atoms with Crippen molar-refractivity contribution in [2.45, 2.75) is 11.7 Å². The van der Waals surface area contributed by atoms with Gasteiger partial charge in [0, 0.05) is 11.0 Å². The van der Waals surface area contributed by atoms with Crippen molar-refractivity contribution in [1.29, 1.82) is 0 Å². The molecule has 1 aliphatic heterocycles. The fourth-order valence-corrected chi connectivity index (χ4v) is 1.13. The normalized spacial score (nSPS) is 27.9. The minimum absolute atomic E-state index is 1.01. The van der Waals surface area contributed by atoms with Gasteiger partial charge >= 0.3 is 0 Å². The number of rotatable bonds is 3. The summed E-state index contributed by atoms with van der Waals surface area (Å²) in [6.07, 6.45) is 1.36. The molecule has 1 aliphatic rings. The van der Waals surface area contributed by atoms with E-state index in [9.17, 15) is 0 Å². The largest absolute Gasteiger partial charge is 0.320 e. The smallest absolute Gasteiger partial charge is 0.0150 e. The first-order valence-electron chi connectivity index (χ1n) is 2.69. The van der Waals surface area contributed by atoms with Crippen LogP contribution in [-0.4, -0.2) is 24.6 Å². The Hall–Kier alpha value is 0.310. The van der Waals surface area contributed by atoms with Gasteiger partial charge in [-0.05, 0) is 20.0 Å². The Bertz CT molecular complexity index is 52.0. The maximum absolute atomic E-state index is 3.13. The SMILES string of the molecule is CNCCC1CS1. The molecular formula is C5H11NS. The molecule has 1 atom stereocenters. The molecule has 42 valence electrons. The molecule has 1 rings (SSSR count). The lowest BCUT2D eigenvalue weighted by atomic mass is 10.3. The van der Waals surface area contributed by atoms with E-state index in [0.717, 1.165) is 5.25 Å². The van der Waals surface area contributed by atoms with Crippen LogP contribution in [0.5, 0.6) is 0 Å². The Morgan fingerprint density at radius 1 is 1.86 bits per heavy atom. The summed E-state index contributed by atoms with van der Waals surface area (Å²) in [7, 11) is 2.01. The predicted molar refractivity (Wildman–Crippen MR) is 34.8 cm³/mol. The molecule has 0 aromatic rings. The van der Waals surface area contributed by atoms with Crippen LogP contribution in [0, 0.1) is 0 Å². The number of thioether (sulfide) groups is 1. The number of nitrogens with one attached hydrogen (secondary N) is 1. The third kappa shape index (κ3) is 2.19. The maximum atomic E-state index is 3.13. The van der Waals surface area contributed by atoms with Gasteiger partial charge in [0.15, 0.2) is 0 Å². The maximum Gasteiger partial charge on any atom is 0.0150 e. The molecule has 1 fully saturated rings. The molecule has 0 aliphatic carbocycles. The molecule has 0 bridgehead atoms. The lowest BCUT2D eigenvalue weighted by Gasteiger charge is -1.90. The fraction of sp³-hybridized carbons (Fsp3) is 1.00. The van der Waals surface area contributed by atoms with Crippen molar-refractivity contribution in [3.05, 3.63) is 0 Å². The first-order valence-corrected chi connectivity index (χ1v) is 3.74. The number of hydrogen-bond donors (Lipinski definition) is 1.